The zero-order valence-electron chi connectivity index (χ0n) is 16.0. The second-order valence-electron chi connectivity index (χ2n) is 7.07. The fourth-order valence-electron chi connectivity index (χ4n) is 3.45. The Morgan fingerprint density at radius 2 is 2.18 bits per heavy atom. The number of aromatic nitrogens is 3. The van der Waals surface area contributed by atoms with Gasteiger partial charge in [0.1, 0.15) is 5.82 Å². The summed E-state index contributed by atoms with van der Waals surface area (Å²) in [7, 11) is 2.03. The predicted octanol–water partition coefficient (Wildman–Crippen LogP) is 2.57. The third kappa shape index (κ3) is 4.21. The number of hydrogen-bond acceptors (Lipinski definition) is 7. The lowest BCUT2D eigenvalue weighted by Crippen LogP contribution is -2.20. The van der Waals surface area contributed by atoms with Crippen LogP contribution in [0.3, 0.4) is 0 Å². The van der Waals surface area contributed by atoms with Gasteiger partial charge >= 0.3 is 0 Å². The van der Waals surface area contributed by atoms with Gasteiger partial charge in [-0.05, 0) is 30.2 Å². The van der Waals surface area contributed by atoms with Crippen molar-refractivity contribution in [3.05, 3.63) is 53.9 Å². The van der Waals surface area contributed by atoms with Crippen molar-refractivity contribution < 1.29 is 9.84 Å². The molecule has 0 bridgehead atoms. The van der Waals surface area contributed by atoms with Crippen LogP contribution in [-0.4, -0.2) is 53.5 Å². The maximum Gasteiger partial charge on any atom is 0.224 e. The number of fused-ring (bicyclic) bond motifs is 1. The Morgan fingerprint density at radius 3 is 3.00 bits per heavy atom. The lowest BCUT2D eigenvalue weighted by atomic mass is 10.0. The summed E-state index contributed by atoms with van der Waals surface area (Å²) in [5.41, 5.74) is 3.17. The maximum atomic E-state index is 9.11. The topological polar surface area (TPSA) is 83.4 Å². The first-order valence-electron chi connectivity index (χ1n) is 9.59. The number of hydrogen-bond donors (Lipinski definition) is 2. The monoisotopic (exact) mass is 379 g/mol. The zero-order chi connectivity index (χ0) is 19.3. The van der Waals surface area contributed by atoms with E-state index in [4.69, 9.17) is 9.84 Å². The molecule has 0 spiro atoms. The quantitative estimate of drug-likeness (QED) is 0.653. The first-order valence-corrected chi connectivity index (χ1v) is 9.59. The first kappa shape index (κ1) is 18.6. The van der Waals surface area contributed by atoms with Crippen molar-refractivity contribution in [3.8, 4) is 0 Å². The van der Waals surface area contributed by atoms with E-state index in [2.05, 4.69) is 43.4 Å². The summed E-state index contributed by atoms with van der Waals surface area (Å²) in [6.45, 7) is 2.64. The Hall–Kier alpha value is -2.77. The van der Waals surface area contributed by atoms with Gasteiger partial charge in [0, 0.05) is 50.3 Å². The molecule has 0 aliphatic carbocycles. The minimum atomic E-state index is 0.0381. The predicted molar refractivity (Wildman–Crippen MR) is 110 cm³/mol. The van der Waals surface area contributed by atoms with Gasteiger partial charge in [-0.1, -0.05) is 12.1 Å². The lowest BCUT2D eigenvalue weighted by molar-refractivity contribution is 0.193. The van der Waals surface area contributed by atoms with Crippen LogP contribution in [0.4, 0.5) is 11.8 Å². The molecule has 7 nitrogen and oxygen atoms in total. The van der Waals surface area contributed by atoms with Crippen molar-refractivity contribution in [2.24, 2.45) is 0 Å². The fourth-order valence-corrected chi connectivity index (χ4v) is 3.45. The third-order valence-electron chi connectivity index (χ3n) is 4.95. The van der Waals surface area contributed by atoms with Gasteiger partial charge in [-0.3, -0.25) is 4.98 Å². The molecule has 1 atom stereocenters. The van der Waals surface area contributed by atoms with E-state index in [1.165, 1.54) is 5.56 Å². The highest BCUT2D eigenvalue weighted by molar-refractivity contribution is 5.79. The number of rotatable bonds is 7. The van der Waals surface area contributed by atoms with Crippen molar-refractivity contribution in [2.75, 3.05) is 43.6 Å². The Morgan fingerprint density at radius 1 is 1.25 bits per heavy atom. The van der Waals surface area contributed by atoms with Crippen molar-refractivity contribution in [3.63, 3.8) is 0 Å². The van der Waals surface area contributed by atoms with E-state index in [1.807, 2.05) is 31.4 Å². The molecule has 28 heavy (non-hydrogen) atoms. The Labute approximate surface area is 164 Å². The average Bonchev–Trinajstić information content (AvgIpc) is 3.27. The molecular formula is C21H25N5O2. The van der Waals surface area contributed by atoms with E-state index < -0.39 is 0 Å². The molecule has 2 N–H and O–H groups in total. The van der Waals surface area contributed by atoms with Crippen molar-refractivity contribution in [2.45, 2.75) is 18.9 Å². The van der Waals surface area contributed by atoms with E-state index in [1.54, 1.807) is 0 Å². The number of anilines is 2. The summed E-state index contributed by atoms with van der Waals surface area (Å²) in [6, 6.07) is 12.4. The number of pyridine rings is 1. The normalized spacial score (nSPS) is 16.4. The number of nitrogens with zero attached hydrogens (tertiary/aromatic N) is 4. The van der Waals surface area contributed by atoms with Crippen molar-refractivity contribution >= 4 is 22.7 Å². The molecule has 7 heteroatoms. The first-order chi connectivity index (χ1) is 13.7. The van der Waals surface area contributed by atoms with Gasteiger partial charge in [0.2, 0.25) is 5.95 Å². The number of aliphatic hydroxyl groups excluding tert-OH is 1. The Kier molecular flexibility index (Phi) is 5.64. The van der Waals surface area contributed by atoms with E-state index in [0.29, 0.717) is 19.1 Å². The summed E-state index contributed by atoms with van der Waals surface area (Å²) in [6.07, 6.45) is 2.78. The third-order valence-corrected chi connectivity index (χ3v) is 4.95. The largest absolute Gasteiger partial charge is 0.395 e. The summed E-state index contributed by atoms with van der Waals surface area (Å²) in [4.78, 5) is 15.8. The number of aliphatic hydroxyl groups is 1. The van der Waals surface area contributed by atoms with Crippen LogP contribution < -0.4 is 10.2 Å². The Balaban J connectivity index is 1.58. The van der Waals surface area contributed by atoms with Crippen LogP contribution in [-0.2, 0) is 11.3 Å². The van der Waals surface area contributed by atoms with Gasteiger partial charge in [0.05, 0.1) is 24.4 Å². The summed E-state index contributed by atoms with van der Waals surface area (Å²) >= 11 is 0. The lowest BCUT2D eigenvalue weighted by Gasteiger charge is -2.21. The number of ether oxygens (including phenoxy) is 1. The van der Waals surface area contributed by atoms with Crippen LogP contribution in [0.25, 0.3) is 10.9 Å². The average molecular weight is 379 g/mol. The number of nitrogens with one attached hydrogen (secondary N) is 1. The van der Waals surface area contributed by atoms with Gasteiger partial charge in [0.15, 0.2) is 0 Å². The molecule has 1 aromatic carbocycles. The van der Waals surface area contributed by atoms with Crippen LogP contribution in [0.5, 0.6) is 0 Å². The molecule has 1 fully saturated rings. The smallest absolute Gasteiger partial charge is 0.224 e. The van der Waals surface area contributed by atoms with Crippen LogP contribution in [0.15, 0.2) is 42.6 Å². The SMILES string of the molecule is CN(Cc1ccc2ncccc2c1)c1cc([C@@H]2CCOC2)nc(NCCO)n1. The standard InChI is InChI=1S/C21H25N5O2/c1-26(13-15-4-5-18-16(11-15)3-2-7-22-18)20-12-19(17-6-10-28-14-17)24-21(25-20)23-8-9-27/h2-5,7,11-12,17,27H,6,8-10,13-14H2,1H3,(H,23,24,25)/t17-/m1/s1. The maximum absolute atomic E-state index is 9.11. The van der Waals surface area contributed by atoms with Gasteiger partial charge in [-0.25, -0.2) is 4.98 Å². The summed E-state index contributed by atoms with van der Waals surface area (Å²) < 4.78 is 5.53. The highest BCUT2D eigenvalue weighted by Gasteiger charge is 2.21. The summed E-state index contributed by atoms with van der Waals surface area (Å²) in [5.74, 6) is 1.68. The molecule has 0 amide bonds. The molecule has 1 saturated heterocycles. The molecular weight excluding hydrogens is 354 g/mol. The second kappa shape index (κ2) is 8.50. The van der Waals surface area contributed by atoms with Crippen LogP contribution in [0.2, 0.25) is 0 Å². The Bertz CT molecular complexity index is 943. The fraction of sp³-hybridized carbons (Fsp3) is 0.381. The van der Waals surface area contributed by atoms with Crippen LogP contribution in [0.1, 0.15) is 23.6 Å². The molecule has 3 heterocycles. The molecule has 146 valence electrons. The highest BCUT2D eigenvalue weighted by Crippen LogP contribution is 2.27. The second-order valence-corrected chi connectivity index (χ2v) is 7.07. The van der Waals surface area contributed by atoms with Crippen molar-refractivity contribution in [1.82, 2.24) is 15.0 Å². The minimum absolute atomic E-state index is 0.0381. The molecule has 2 aromatic heterocycles. The highest BCUT2D eigenvalue weighted by atomic mass is 16.5. The van der Waals surface area contributed by atoms with Gasteiger partial charge in [-0.2, -0.15) is 4.98 Å². The van der Waals surface area contributed by atoms with Crippen LogP contribution >= 0.6 is 0 Å². The zero-order valence-corrected chi connectivity index (χ0v) is 16.0. The van der Waals surface area contributed by atoms with E-state index in [0.717, 1.165) is 42.0 Å². The van der Waals surface area contributed by atoms with Crippen molar-refractivity contribution in [1.29, 1.82) is 0 Å². The van der Waals surface area contributed by atoms with Gasteiger partial charge < -0.3 is 20.1 Å². The van der Waals surface area contributed by atoms with E-state index >= 15 is 0 Å². The molecule has 0 saturated carbocycles. The molecule has 1 aliphatic rings. The van der Waals surface area contributed by atoms with E-state index in [-0.39, 0.29) is 12.5 Å². The molecule has 0 unspecified atom stereocenters. The molecule has 0 radical (unpaired) electrons. The molecule has 1 aliphatic heterocycles. The van der Waals surface area contributed by atoms with Gasteiger partial charge in [-0.15, -0.1) is 0 Å². The van der Waals surface area contributed by atoms with Gasteiger partial charge in [0.25, 0.3) is 0 Å². The van der Waals surface area contributed by atoms with Crippen LogP contribution in [0, 0.1) is 0 Å². The molecule has 4 rings (SSSR count). The minimum Gasteiger partial charge on any atom is -0.395 e. The number of benzene rings is 1. The summed E-state index contributed by atoms with van der Waals surface area (Å²) in [5, 5.41) is 13.3. The molecule has 3 aromatic rings. The van der Waals surface area contributed by atoms with E-state index in [9.17, 15) is 0 Å².